The van der Waals surface area contributed by atoms with Crippen LogP contribution < -0.4 is 16.4 Å². The predicted octanol–water partition coefficient (Wildman–Crippen LogP) is -0.0277. The van der Waals surface area contributed by atoms with Crippen LogP contribution in [-0.4, -0.2) is 54.8 Å². The minimum Gasteiger partial charge on any atom is -0.385 e. The number of nitrogens with two attached hydrogens (primary N) is 1. The normalized spacial score (nSPS) is 30.1. The number of nitrogens with one attached hydrogen (secondary N) is 2. The third kappa shape index (κ3) is 2.84. The van der Waals surface area contributed by atoms with Crippen LogP contribution in [0.1, 0.15) is 18.4 Å². The minimum atomic E-state index is -1.48. The number of halogens is 1. The number of carbonyl (C=O) groups is 4. The van der Waals surface area contributed by atoms with E-state index in [-0.39, 0.29) is 13.0 Å². The van der Waals surface area contributed by atoms with Gasteiger partial charge in [-0.1, -0.05) is 11.6 Å². The fourth-order valence-electron chi connectivity index (χ4n) is 4.81. The van der Waals surface area contributed by atoms with Gasteiger partial charge in [0.1, 0.15) is 5.54 Å². The number of hydrogen-bond donors (Lipinski definition) is 3. The number of hydrogen-bond acceptors (Lipinski definition) is 6. The highest BCUT2D eigenvalue weighted by molar-refractivity contribution is 6.31. The van der Waals surface area contributed by atoms with Crippen LogP contribution in [0.4, 0.5) is 5.69 Å². The topological polar surface area (TPSA) is 131 Å². The Kier molecular flexibility index (Phi) is 4.84. The van der Waals surface area contributed by atoms with E-state index in [0.717, 1.165) is 0 Å². The Hall–Kier alpha value is -2.49. The van der Waals surface area contributed by atoms with Crippen molar-refractivity contribution < 1.29 is 23.9 Å². The SMILES string of the molecule is COCCCN1C(=O)[C@@H]2[C@H](CC(N)=O)N[C@]3(C(=O)Nc4ccc(Cl)cc43)[C@@H]2C1=O. The molecule has 4 amide bonds. The van der Waals surface area contributed by atoms with Gasteiger partial charge in [0.2, 0.25) is 23.6 Å². The smallest absolute Gasteiger partial charge is 0.250 e. The lowest BCUT2D eigenvalue weighted by Gasteiger charge is -2.29. The summed E-state index contributed by atoms with van der Waals surface area (Å²) in [5.74, 6) is -3.78. The summed E-state index contributed by atoms with van der Waals surface area (Å²) < 4.78 is 5.01. The molecule has 154 valence electrons. The van der Waals surface area contributed by atoms with Crippen molar-refractivity contribution in [1.82, 2.24) is 10.2 Å². The summed E-state index contributed by atoms with van der Waals surface area (Å²) in [6.45, 7) is 0.571. The number of benzene rings is 1. The maximum Gasteiger partial charge on any atom is 0.250 e. The van der Waals surface area contributed by atoms with Crippen molar-refractivity contribution in [3.05, 3.63) is 28.8 Å². The average Bonchev–Trinajstić information content (AvgIpc) is 3.22. The Labute approximate surface area is 171 Å². The van der Waals surface area contributed by atoms with Gasteiger partial charge < -0.3 is 15.8 Å². The number of nitrogens with zero attached hydrogens (tertiary/aromatic N) is 1. The molecule has 0 unspecified atom stereocenters. The molecule has 9 nitrogen and oxygen atoms in total. The summed E-state index contributed by atoms with van der Waals surface area (Å²) in [6, 6.07) is 4.15. The fraction of sp³-hybridized carbons (Fsp3) is 0.474. The van der Waals surface area contributed by atoms with Crippen molar-refractivity contribution in [3.63, 3.8) is 0 Å². The molecule has 0 saturated carbocycles. The van der Waals surface area contributed by atoms with Gasteiger partial charge in [0.05, 0.1) is 11.8 Å². The number of anilines is 1. The molecule has 29 heavy (non-hydrogen) atoms. The van der Waals surface area contributed by atoms with Gasteiger partial charge in [0.15, 0.2) is 0 Å². The number of rotatable bonds is 6. The van der Waals surface area contributed by atoms with Gasteiger partial charge in [0, 0.05) is 49.0 Å². The number of ether oxygens (including phenoxy) is 1. The highest BCUT2D eigenvalue weighted by atomic mass is 35.5. The third-order valence-electron chi connectivity index (χ3n) is 5.92. The summed E-state index contributed by atoms with van der Waals surface area (Å²) in [7, 11) is 1.54. The van der Waals surface area contributed by atoms with E-state index in [1.807, 2.05) is 0 Å². The van der Waals surface area contributed by atoms with Gasteiger partial charge in [-0.15, -0.1) is 0 Å². The molecule has 1 aromatic rings. The first kappa shape index (κ1) is 19.8. The van der Waals surface area contributed by atoms with Gasteiger partial charge in [-0.05, 0) is 24.6 Å². The van der Waals surface area contributed by atoms with Gasteiger partial charge in [-0.25, -0.2) is 0 Å². The molecule has 3 aliphatic heterocycles. The van der Waals surface area contributed by atoms with Crippen LogP contribution in [0.5, 0.6) is 0 Å². The van der Waals surface area contributed by atoms with Crippen LogP contribution in [0.3, 0.4) is 0 Å². The molecule has 0 aliphatic carbocycles. The molecule has 2 fully saturated rings. The molecule has 0 bridgehead atoms. The second-order valence-corrected chi connectivity index (χ2v) is 7.99. The first-order chi connectivity index (χ1) is 13.8. The average molecular weight is 421 g/mol. The second kappa shape index (κ2) is 7.08. The number of methoxy groups -OCH3 is 1. The second-order valence-electron chi connectivity index (χ2n) is 7.55. The number of likely N-dealkylation sites (tertiary alicyclic amines) is 1. The number of carbonyl (C=O) groups excluding carboxylic acids is 4. The monoisotopic (exact) mass is 420 g/mol. The molecule has 1 spiro atoms. The summed E-state index contributed by atoms with van der Waals surface area (Å²) >= 11 is 6.16. The van der Waals surface area contributed by atoms with E-state index in [0.29, 0.717) is 29.3 Å². The van der Waals surface area contributed by atoms with Gasteiger partial charge >= 0.3 is 0 Å². The maximum atomic E-state index is 13.3. The Balaban J connectivity index is 1.80. The molecule has 10 heteroatoms. The van der Waals surface area contributed by atoms with Crippen molar-refractivity contribution >= 4 is 40.9 Å². The fourth-order valence-corrected chi connectivity index (χ4v) is 4.98. The lowest BCUT2D eigenvalue weighted by atomic mass is 9.76. The molecular formula is C19H21ClN4O5. The van der Waals surface area contributed by atoms with Crippen LogP contribution in [0.25, 0.3) is 0 Å². The minimum absolute atomic E-state index is 0.170. The van der Waals surface area contributed by atoms with Gasteiger partial charge in [-0.2, -0.15) is 0 Å². The van der Waals surface area contributed by atoms with E-state index in [4.69, 9.17) is 22.1 Å². The zero-order valence-electron chi connectivity index (χ0n) is 15.7. The van der Waals surface area contributed by atoms with Gasteiger partial charge in [0.25, 0.3) is 0 Å². The van der Waals surface area contributed by atoms with E-state index >= 15 is 0 Å². The summed E-state index contributed by atoms with van der Waals surface area (Å²) in [6.07, 6.45) is 0.306. The van der Waals surface area contributed by atoms with Crippen LogP contribution in [0.15, 0.2) is 18.2 Å². The van der Waals surface area contributed by atoms with Crippen molar-refractivity contribution in [2.45, 2.75) is 24.4 Å². The number of fused-ring (bicyclic) bond motifs is 4. The standard InChI is InChI=1S/C19H21ClN4O5/c1-29-6-2-5-24-16(26)14-12(8-13(21)25)23-19(15(14)17(24)27)10-7-9(20)3-4-11(10)22-18(19)28/h3-4,7,12,14-15,23H,2,5-6,8H2,1H3,(H2,21,25)(H,22,28)/t12-,14+,15-,19-/m0/s1. The number of primary amides is 1. The Bertz CT molecular complexity index is 922. The highest BCUT2D eigenvalue weighted by Crippen LogP contribution is 2.53. The molecule has 4 rings (SSSR count). The molecular weight excluding hydrogens is 400 g/mol. The zero-order valence-corrected chi connectivity index (χ0v) is 16.5. The predicted molar refractivity (Wildman–Crippen MR) is 103 cm³/mol. The molecule has 1 aromatic carbocycles. The van der Waals surface area contributed by atoms with Crippen LogP contribution in [-0.2, 0) is 29.5 Å². The lowest BCUT2D eigenvalue weighted by molar-refractivity contribution is -0.143. The molecule has 4 atom stereocenters. The molecule has 3 aliphatic rings. The molecule has 3 heterocycles. The molecule has 0 aromatic heterocycles. The number of imide groups is 1. The lowest BCUT2D eigenvalue weighted by Crippen LogP contribution is -2.53. The molecule has 4 N–H and O–H groups in total. The largest absolute Gasteiger partial charge is 0.385 e. The summed E-state index contributed by atoms with van der Waals surface area (Å²) in [5.41, 5.74) is 4.92. The van der Waals surface area contributed by atoms with E-state index in [1.165, 1.54) is 12.0 Å². The summed E-state index contributed by atoms with van der Waals surface area (Å²) in [5, 5.41) is 6.28. The first-order valence-corrected chi connectivity index (χ1v) is 9.70. The quantitative estimate of drug-likeness (QED) is 0.437. The molecule has 0 radical (unpaired) electrons. The highest BCUT2D eigenvalue weighted by Gasteiger charge is 2.70. The summed E-state index contributed by atoms with van der Waals surface area (Å²) in [4.78, 5) is 52.4. The van der Waals surface area contributed by atoms with E-state index < -0.39 is 47.0 Å². The van der Waals surface area contributed by atoms with Crippen LogP contribution in [0.2, 0.25) is 5.02 Å². The van der Waals surface area contributed by atoms with Crippen molar-refractivity contribution in [3.8, 4) is 0 Å². The van der Waals surface area contributed by atoms with Gasteiger partial charge in [-0.3, -0.25) is 29.4 Å². The maximum absolute atomic E-state index is 13.3. The third-order valence-corrected chi connectivity index (χ3v) is 6.15. The Morgan fingerprint density at radius 2 is 2.07 bits per heavy atom. The van der Waals surface area contributed by atoms with E-state index in [9.17, 15) is 19.2 Å². The number of amides is 4. The van der Waals surface area contributed by atoms with Crippen molar-refractivity contribution in [2.24, 2.45) is 17.6 Å². The zero-order chi connectivity index (χ0) is 20.9. The van der Waals surface area contributed by atoms with Crippen LogP contribution in [0, 0.1) is 11.8 Å². The van der Waals surface area contributed by atoms with Crippen molar-refractivity contribution in [1.29, 1.82) is 0 Å². The van der Waals surface area contributed by atoms with E-state index in [2.05, 4.69) is 10.6 Å². The Morgan fingerprint density at radius 3 is 2.76 bits per heavy atom. The van der Waals surface area contributed by atoms with Crippen molar-refractivity contribution in [2.75, 3.05) is 25.6 Å². The van der Waals surface area contributed by atoms with Crippen LogP contribution >= 0.6 is 11.6 Å². The van der Waals surface area contributed by atoms with E-state index in [1.54, 1.807) is 18.2 Å². The molecule has 2 saturated heterocycles. The Morgan fingerprint density at radius 1 is 1.31 bits per heavy atom. The first-order valence-electron chi connectivity index (χ1n) is 9.33.